The van der Waals surface area contributed by atoms with E-state index in [2.05, 4.69) is 34.5 Å². The number of rotatable bonds is 12. The largest absolute Gasteiger partial charge is 0.477 e. The first-order valence-electron chi connectivity index (χ1n) is 9.95. The first-order chi connectivity index (χ1) is 12.7. The zero-order valence-electron chi connectivity index (χ0n) is 16.2. The van der Waals surface area contributed by atoms with E-state index in [1.54, 1.807) is 6.20 Å². The Kier molecular flexibility index (Phi) is 9.24. The Balaban J connectivity index is 1.87. The van der Waals surface area contributed by atoms with E-state index in [9.17, 15) is 5.11 Å². The van der Waals surface area contributed by atoms with Crippen LogP contribution in [0.3, 0.4) is 0 Å². The lowest BCUT2D eigenvalue weighted by Gasteiger charge is -2.18. The van der Waals surface area contributed by atoms with Crippen molar-refractivity contribution in [3.05, 3.63) is 23.9 Å². The number of hydrogen-bond donors (Lipinski definition) is 3. The number of aliphatic imine (C=N–C) groups is 1. The standard InChI is InChI=1S/C20H34N4O2/c1-3-5-16(9-11-25)13-23-20(21-4-2)24-14-18-8-10-22-19(12-18)26-15-17-6-7-17/h8,10,12,16-17,25H,3-7,9,11,13-15H2,1-2H3,(H2,21,23,24). The van der Waals surface area contributed by atoms with Crippen molar-refractivity contribution in [1.82, 2.24) is 15.6 Å². The van der Waals surface area contributed by atoms with Crippen LogP contribution in [0.4, 0.5) is 0 Å². The second-order valence-electron chi connectivity index (χ2n) is 7.00. The third-order valence-corrected chi connectivity index (χ3v) is 4.52. The Morgan fingerprint density at radius 1 is 1.35 bits per heavy atom. The van der Waals surface area contributed by atoms with Gasteiger partial charge in [0.1, 0.15) is 0 Å². The van der Waals surface area contributed by atoms with Crippen LogP contribution in [0.15, 0.2) is 23.3 Å². The normalized spacial score (nSPS) is 15.6. The van der Waals surface area contributed by atoms with Crippen molar-refractivity contribution in [2.45, 2.75) is 52.5 Å². The molecular formula is C20H34N4O2. The highest BCUT2D eigenvalue weighted by Gasteiger charge is 2.22. The molecule has 3 N–H and O–H groups in total. The van der Waals surface area contributed by atoms with Gasteiger partial charge in [-0.1, -0.05) is 13.3 Å². The maximum atomic E-state index is 9.20. The maximum absolute atomic E-state index is 9.20. The highest BCUT2D eigenvalue weighted by molar-refractivity contribution is 5.79. The predicted molar refractivity (Wildman–Crippen MR) is 105 cm³/mol. The number of nitrogens with one attached hydrogen (secondary N) is 2. The molecule has 0 amide bonds. The van der Waals surface area contributed by atoms with E-state index in [4.69, 9.17) is 4.74 Å². The molecule has 0 aromatic carbocycles. The number of aliphatic hydroxyl groups is 1. The number of aromatic nitrogens is 1. The molecule has 0 radical (unpaired) electrons. The molecule has 6 nitrogen and oxygen atoms in total. The van der Waals surface area contributed by atoms with Crippen molar-refractivity contribution in [3.63, 3.8) is 0 Å². The molecule has 6 heteroatoms. The minimum atomic E-state index is 0.237. The second kappa shape index (κ2) is 11.7. The summed E-state index contributed by atoms with van der Waals surface area (Å²) >= 11 is 0. The van der Waals surface area contributed by atoms with Crippen molar-refractivity contribution in [3.8, 4) is 5.88 Å². The topological polar surface area (TPSA) is 78.8 Å². The molecule has 1 atom stereocenters. The second-order valence-corrected chi connectivity index (χ2v) is 7.00. The van der Waals surface area contributed by atoms with Crippen LogP contribution in [-0.2, 0) is 6.54 Å². The van der Waals surface area contributed by atoms with Gasteiger partial charge in [0.2, 0.25) is 5.88 Å². The molecule has 1 aliphatic carbocycles. The van der Waals surface area contributed by atoms with Gasteiger partial charge in [-0.25, -0.2) is 9.98 Å². The van der Waals surface area contributed by atoms with Gasteiger partial charge in [0.25, 0.3) is 0 Å². The molecule has 0 spiro atoms. The number of hydrogen-bond acceptors (Lipinski definition) is 4. The number of pyridine rings is 1. The van der Waals surface area contributed by atoms with Crippen LogP contribution in [0.1, 0.15) is 51.5 Å². The molecule has 0 aliphatic heterocycles. The highest BCUT2D eigenvalue weighted by Crippen LogP contribution is 2.29. The number of aliphatic hydroxyl groups excluding tert-OH is 1. The monoisotopic (exact) mass is 362 g/mol. The lowest BCUT2D eigenvalue weighted by molar-refractivity contribution is 0.251. The van der Waals surface area contributed by atoms with E-state index in [1.807, 2.05) is 12.1 Å². The first kappa shape index (κ1) is 20.5. The van der Waals surface area contributed by atoms with E-state index >= 15 is 0 Å². The fraction of sp³-hybridized carbons (Fsp3) is 0.700. The van der Waals surface area contributed by atoms with E-state index in [0.717, 1.165) is 56.4 Å². The maximum Gasteiger partial charge on any atom is 0.213 e. The highest BCUT2D eigenvalue weighted by atomic mass is 16.5. The van der Waals surface area contributed by atoms with Crippen LogP contribution in [0.25, 0.3) is 0 Å². The van der Waals surface area contributed by atoms with Crippen LogP contribution in [-0.4, -0.2) is 42.4 Å². The van der Waals surface area contributed by atoms with Crippen molar-refractivity contribution in [1.29, 1.82) is 0 Å². The molecule has 2 rings (SSSR count). The summed E-state index contributed by atoms with van der Waals surface area (Å²) in [4.78, 5) is 8.95. The third-order valence-electron chi connectivity index (χ3n) is 4.52. The van der Waals surface area contributed by atoms with Crippen LogP contribution in [0, 0.1) is 11.8 Å². The van der Waals surface area contributed by atoms with Crippen molar-refractivity contribution >= 4 is 5.96 Å². The van der Waals surface area contributed by atoms with E-state index in [-0.39, 0.29) is 6.61 Å². The molecule has 146 valence electrons. The average molecular weight is 363 g/mol. The quantitative estimate of drug-likeness (QED) is 0.394. The summed E-state index contributed by atoms with van der Waals surface area (Å²) in [5.74, 6) is 2.69. The number of nitrogens with zero attached hydrogens (tertiary/aromatic N) is 2. The van der Waals surface area contributed by atoms with Gasteiger partial charge < -0.3 is 20.5 Å². The van der Waals surface area contributed by atoms with Crippen LogP contribution in [0.2, 0.25) is 0 Å². The molecule has 0 saturated heterocycles. The molecule has 1 aromatic rings. The predicted octanol–water partition coefficient (Wildman–Crippen LogP) is 2.72. The van der Waals surface area contributed by atoms with Gasteiger partial charge in [0.15, 0.2) is 5.96 Å². The molecule has 1 unspecified atom stereocenters. The summed E-state index contributed by atoms with van der Waals surface area (Å²) in [7, 11) is 0. The lowest BCUT2D eigenvalue weighted by Crippen LogP contribution is -2.40. The summed E-state index contributed by atoms with van der Waals surface area (Å²) in [6.45, 7) is 7.47. The number of guanidine groups is 1. The molecule has 1 aromatic heterocycles. The summed E-state index contributed by atoms with van der Waals surface area (Å²) in [6.07, 6.45) is 7.39. The fourth-order valence-corrected chi connectivity index (χ4v) is 2.81. The number of ether oxygens (including phenoxy) is 1. The van der Waals surface area contributed by atoms with E-state index in [0.29, 0.717) is 18.3 Å². The molecule has 1 fully saturated rings. The van der Waals surface area contributed by atoms with E-state index in [1.165, 1.54) is 12.8 Å². The van der Waals surface area contributed by atoms with Crippen LogP contribution >= 0.6 is 0 Å². The fourth-order valence-electron chi connectivity index (χ4n) is 2.81. The Labute approximate surface area is 157 Å². The van der Waals surface area contributed by atoms with Gasteiger partial charge in [-0.05, 0) is 56.1 Å². The minimum absolute atomic E-state index is 0.237. The molecular weight excluding hydrogens is 328 g/mol. The van der Waals surface area contributed by atoms with Crippen molar-refractivity contribution in [2.75, 3.05) is 26.3 Å². The van der Waals surface area contributed by atoms with Gasteiger partial charge >= 0.3 is 0 Å². The van der Waals surface area contributed by atoms with Crippen molar-refractivity contribution < 1.29 is 9.84 Å². The smallest absolute Gasteiger partial charge is 0.213 e. The Morgan fingerprint density at radius 2 is 2.19 bits per heavy atom. The van der Waals surface area contributed by atoms with Gasteiger partial charge in [-0.15, -0.1) is 0 Å². The SMILES string of the molecule is CCCC(CCO)CNC(=NCc1ccnc(OCC2CC2)c1)NCC. The summed E-state index contributed by atoms with van der Waals surface area (Å²) < 4.78 is 5.74. The molecule has 0 bridgehead atoms. The Morgan fingerprint density at radius 3 is 2.88 bits per heavy atom. The molecule has 26 heavy (non-hydrogen) atoms. The Bertz CT molecular complexity index is 540. The summed E-state index contributed by atoms with van der Waals surface area (Å²) in [6, 6.07) is 3.95. The average Bonchev–Trinajstić information content (AvgIpc) is 3.47. The van der Waals surface area contributed by atoms with Crippen molar-refractivity contribution in [2.24, 2.45) is 16.8 Å². The zero-order chi connectivity index (χ0) is 18.6. The van der Waals surface area contributed by atoms with Gasteiger partial charge in [0, 0.05) is 32.0 Å². The van der Waals surface area contributed by atoms with Gasteiger partial charge in [0.05, 0.1) is 13.2 Å². The molecule has 1 aliphatic rings. The summed E-state index contributed by atoms with van der Waals surface area (Å²) in [5.41, 5.74) is 1.09. The minimum Gasteiger partial charge on any atom is -0.477 e. The zero-order valence-corrected chi connectivity index (χ0v) is 16.2. The van der Waals surface area contributed by atoms with Crippen LogP contribution in [0.5, 0.6) is 5.88 Å². The lowest BCUT2D eigenvalue weighted by atomic mass is 10.0. The Hall–Kier alpha value is -1.82. The summed E-state index contributed by atoms with van der Waals surface area (Å²) in [5, 5.41) is 15.9. The van der Waals surface area contributed by atoms with Gasteiger partial charge in [-0.3, -0.25) is 0 Å². The van der Waals surface area contributed by atoms with E-state index < -0.39 is 0 Å². The third kappa shape index (κ3) is 8.04. The first-order valence-corrected chi connectivity index (χ1v) is 9.95. The van der Waals surface area contributed by atoms with Gasteiger partial charge in [-0.2, -0.15) is 0 Å². The molecule has 1 saturated carbocycles. The molecule has 1 heterocycles. The van der Waals surface area contributed by atoms with Crippen LogP contribution < -0.4 is 15.4 Å².